The SMILES string of the molecule is CCCCc1cc(-c2cccc3c2C=C(C)C3)c(CCCC)c(CCCC)c1CCCC. The van der Waals surface area contributed by atoms with Crippen molar-refractivity contribution in [2.45, 2.75) is 118 Å². The molecule has 174 valence electrons. The first kappa shape index (κ1) is 24.8. The number of fused-ring (bicyclic) bond motifs is 1. The monoisotopic (exact) mass is 430 g/mol. The fourth-order valence-electron chi connectivity index (χ4n) is 5.45. The molecule has 0 heteroatoms. The quantitative estimate of drug-likeness (QED) is 0.296. The predicted molar refractivity (Wildman–Crippen MR) is 144 cm³/mol. The van der Waals surface area contributed by atoms with Gasteiger partial charge in [0.2, 0.25) is 0 Å². The Morgan fingerprint density at radius 1 is 0.656 bits per heavy atom. The summed E-state index contributed by atoms with van der Waals surface area (Å²) in [7, 11) is 0. The van der Waals surface area contributed by atoms with Gasteiger partial charge in [-0.25, -0.2) is 0 Å². The van der Waals surface area contributed by atoms with E-state index in [0.717, 1.165) is 6.42 Å². The van der Waals surface area contributed by atoms with Gasteiger partial charge in [-0.15, -0.1) is 0 Å². The molecule has 0 radical (unpaired) electrons. The first-order valence-electron chi connectivity index (χ1n) is 13.6. The fraction of sp³-hybridized carbons (Fsp3) is 0.562. The van der Waals surface area contributed by atoms with E-state index >= 15 is 0 Å². The van der Waals surface area contributed by atoms with Crippen LogP contribution in [0.1, 0.15) is 119 Å². The fourth-order valence-corrected chi connectivity index (χ4v) is 5.45. The van der Waals surface area contributed by atoms with E-state index in [1.54, 1.807) is 27.8 Å². The normalized spacial score (nSPS) is 12.8. The van der Waals surface area contributed by atoms with Crippen molar-refractivity contribution >= 4 is 6.08 Å². The second-order valence-corrected chi connectivity index (χ2v) is 9.98. The Morgan fingerprint density at radius 3 is 1.91 bits per heavy atom. The highest BCUT2D eigenvalue weighted by molar-refractivity contribution is 5.83. The predicted octanol–water partition coefficient (Wildman–Crippen LogP) is 9.68. The molecule has 0 fully saturated rings. The van der Waals surface area contributed by atoms with Crippen molar-refractivity contribution in [1.29, 1.82) is 0 Å². The van der Waals surface area contributed by atoms with Crippen molar-refractivity contribution in [3.05, 3.63) is 63.2 Å². The van der Waals surface area contributed by atoms with Gasteiger partial charge in [-0.2, -0.15) is 0 Å². The molecule has 32 heavy (non-hydrogen) atoms. The highest BCUT2D eigenvalue weighted by Crippen LogP contribution is 2.40. The first-order chi connectivity index (χ1) is 15.6. The molecule has 3 rings (SSSR count). The Balaban J connectivity index is 2.26. The van der Waals surface area contributed by atoms with Crippen molar-refractivity contribution in [1.82, 2.24) is 0 Å². The highest BCUT2D eigenvalue weighted by atomic mass is 14.3. The molecule has 0 aromatic heterocycles. The number of benzene rings is 2. The molecule has 0 saturated carbocycles. The van der Waals surface area contributed by atoms with E-state index < -0.39 is 0 Å². The van der Waals surface area contributed by atoms with Crippen LogP contribution in [0.4, 0.5) is 0 Å². The zero-order valence-electron chi connectivity index (χ0n) is 21.6. The van der Waals surface area contributed by atoms with Crippen LogP contribution in [0.5, 0.6) is 0 Å². The summed E-state index contributed by atoms with van der Waals surface area (Å²) in [5, 5.41) is 0. The Bertz CT molecular complexity index is 912. The maximum Gasteiger partial charge on any atom is -0.00604 e. The van der Waals surface area contributed by atoms with Crippen molar-refractivity contribution in [3.8, 4) is 11.1 Å². The van der Waals surface area contributed by atoms with Crippen molar-refractivity contribution in [2.24, 2.45) is 0 Å². The van der Waals surface area contributed by atoms with E-state index in [-0.39, 0.29) is 0 Å². The standard InChI is InChI=1S/C32H46/c1-6-10-15-26-23-32(30-20-14-16-25-21-24(5)22-31(25)30)29(19-13-9-4)28(18-12-8-3)27(26)17-11-7-2/h14,16,20,22-23H,6-13,15,17-19,21H2,1-5H3. The third-order valence-corrected chi connectivity index (χ3v) is 7.25. The molecule has 0 nitrogen and oxygen atoms in total. The molecule has 0 unspecified atom stereocenters. The third-order valence-electron chi connectivity index (χ3n) is 7.25. The van der Waals surface area contributed by atoms with Crippen LogP contribution < -0.4 is 0 Å². The minimum atomic E-state index is 1.12. The third kappa shape index (κ3) is 5.75. The van der Waals surface area contributed by atoms with Crippen LogP contribution in [0, 0.1) is 0 Å². The van der Waals surface area contributed by atoms with Gasteiger partial charge >= 0.3 is 0 Å². The molecule has 0 saturated heterocycles. The zero-order valence-corrected chi connectivity index (χ0v) is 21.6. The maximum atomic E-state index is 2.64. The Labute approximate surface area is 198 Å². The van der Waals surface area contributed by atoms with Crippen LogP contribution in [0.15, 0.2) is 29.8 Å². The number of rotatable bonds is 13. The molecule has 1 aliphatic carbocycles. The lowest BCUT2D eigenvalue weighted by Crippen LogP contribution is -2.09. The average Bonchev–Trinajstić information content (AvgIpc) is 3.19. The van der Waals surface area contributed by atoms with E-state index in [4.69, 9.17) is 0 Å². The summed E-state index contributed by atoms with van der Waals surface area (Å²) in [6.07, 6.45) is 18.9. The largest absolute Gasteiger partial charge is 0.0683 e. The van der Waals surface area contributed by atoms with Crippen molar-refractivity contribution in [3.63, 3.8) is 0 Å². The number of hydrogen-bond donors (Lipinski definition) is 0. The van der Waals surface area contributed by atoms with Crippen molar-refractivity contribution < 1.29 is 0 Å². The summed E-state index contributed by atoms with van der Waals surface area (Å²) in [6, 6.07) is 9.67. The van der Waals surface area contributed by atoms with Crippen LogP contribution >= 0.6 is 0 Å². The van der Waals surface area contributed by atoms with Crippen LogP contribution in [-0.4, -0.2) is 0 Å². The summed E-state index contributed by atoms with van der Waals surface area (Å²) in [4.78, 5) is 0. The molecule has 2 aromatic rings. The molecule has 0 atom stereocenters. The van der Waals surface area contributed by atoms with Crippen LogP contribution in [-0.2, 0) is 32.1 Å². The topological polar surface area (TPSA) is 0 Å². The van der Waals surface area contributed by atoms with Gasteiger partial charge in [-0.3, -0.25) is 0 Å². The van der Waals surface area contributed by atoms with Gasteiger partial charge in [-0.05, 0) is 109 Å². The van der Waals surface area contributed by atoms with Gasteiger partial charge in [-0.1, -0.05) is 89.3 Å². The van der Waals surface area contributed by atoms with E-state index in [1.807, 2.05) is 0 Å². The minimum Gasteiger partial charge on any atom is -0.0683 e. The molecule has 1 aliphatic rings. The lowest BCUT2D eigenvalue weighted by molar-refractivity contribution is 0.719. The van der Waals surface area contributed by atoms with Crippen LogP contribution in [0.2, 0.25) is 0 Å². The maximum absolute atomic E-state index is 2.64. The number of allylic oxidation sites excluding steroid dienone is 1. The molecular weight excluding hydrogens is 384 g/mol. The lowest BCUT2D eigenvalue weighted by Gasteiger charge is -2.24. The zero-order chi connectivity index (χ0) is 22.9. The highest BCUT2D eigenvalue weighted by Gasteiger charge is 2.21. The summed E-state index contributed by atoms with van der Waals surface area (Å²) in [5.41, 5.74) is 14.3. The molecular formula is C32H46. The van der Waals surface area contributed by atoms with Crippen molar-refractivity contribution in [2.75, 3.05) is 0 Å². The molecule has 0 bridgehead atoms. The summed E-state index contributed by atoms with van der Waals surface area (Å²) in [6.45, 7) is 11.6. The summed E-state index contributed by atoms with van der Waals surface area (Å²) >= 11 is 0. The van der Waals surface area contributed by atoms with Gasteiger partial charge < -0.3 is 0 Å². The number of unbranched alkanes of at least 4 members (excludes halogenated alkanes) is 4. The van der Waals surface area contributed by atoms with E-state index in [1.165, 1.54) is 99.3 Å². The van der Waals surface area contributed by atoms with E-state index in [0.29, 0.717) is 0 Å². The van der Waals surface area contributed by atoms with Gasteiger partial charge in [0.15, 0.2) is 0 Å². The average molecular weight is 431 g/mol. The lowest BCUT2D eigenvalue weighted by atomic mass is 9.80. The molecule has 0 aliphatic heterocycles. The first-order valence-corrected chi connectivity index (χ1v) is 13.6. The Hall–Kier alpha value is -1.82. The molecule has 0 heterocycles. The van der Waals surface area contributed by atoms with Gasteiger partial charge in [0, 0.05) is 0 Å². The molecule has 0 spiro atoms. The number of aryl methyl sites for hydroxylation is 1. The minimum absolute atomic E-state index is 1.12. The second-order valence-electron chi connectivity index (χ2n) is 9.98. The number of hydrogen-bond acceptors (Lipinski definition) is 0. The van der Waals surface area contributed by atoms with Gasteiger partial charge in [0.05, 0.1) is 0 Å². The van der Waals surface area contributed by atoms with Crippen LogP contribution in [0.3, 0.4) is 0 Å². The Morgan fingerprint density at radius 2 is 1.25 bits per heavy atom. The smallest absolute Gasteiger partial charge is 0.00604 e. The van der Waals surface area contributed by atoms with Gasteiger partial charge in [0.1, 0.15) is 0 Å². The van der Waals surface area contributed by atoms with Gasteiger partial charge in [0.25, 0.3) is 0 Å². The second kappa shape index (κ2) is 12.4. The summed E-state index contributed by atoms with van der Waals surface area (Å²) < 4.78 is 0. The Kier molecular flexibility index (Phi) is 9.64. The molecule has 0 N–H and O–H groups in total. The molecule has 0 amide bonds. The van der Waals surface area contributed by atoms with E-state index in [2.05, 4.69) is 65.0 Å². The van der Waals surface area contributed by atoms with E-state index in [9.17, 15) is 0 Å². The summed E-state index contributed by atoms with van der Waals surface area (Å²) in [5.74, 6) is 0. The molecule has 2 aromatic carbocycles. The van der Waals surface area contributed by atoms with Crippen LogP contribution in [0.25, 0.3) is 17.2 Å².